The molecule has 1 atom stereocenters. The predicted octanol–water partition coefficient (Wildman–Crippen LogP) is 0.788. The second kappa shape index (κ2) is 5.78. The first-order chi connectivity index (χ1) is 11.2. The van der Waals surface area contributed by atoms with Crippen molar-refractivity contribution in [2.24, 2.45) is 5.73 Å². The topological polar surface area (TPSA) is 99.3 Å². The van der Waals surface area contributed by atoms with E-state index >= 15 is 0 Å². The maximum Gasteiger partial charge on any atom is 0.350 e. The largest absolute Gasteiger partial charge is 0.366 e. The van der Waals surface area contributed by atoms with E-state index in [2.05, 4.69) is 0 Å². The van der Waals surface area contributed by atoms with Crippen LogP contribution >= 0.6 is 11.6 Å². The van der Waals surface area contributed by atoms with Crippen LogP contribution in [-0.4, -0.2) is 28.4 Å². The van der Waals surface area contributed by atoms with Gasteiger partial charge in [0.25, 0.3) is 5.56 Å². The molecule has 1 aliphatic rings. The van der Waals surface area contributed by atoms with Crippen LogP contribution in [0.15, 0.2) is 15.7 Å². The van der Waals surface area contributed by atoms with Crippen LogP contribution < -0.4 is 27.7 Å². The highest BCUT2D eigenvalue weighted by molar-refractivity contribution is 6.37. The molecule has 1 aromatic heterocycles. The Hall–Kier alpha value is -2.06. The van der Waals surface area contributed by atoms with Gasteiger partial charge in [-0.1, -0.05) is 11.6 Å². The highest BCUT2D eigenvalue weighted by Gasteiger charge is 2.28. The van der Waals surface area contributed by atoms with E-state index in [0.717, 1.165) is 12.5 Å². The number of halogens is 2. The molecule has 3 rings (SSSR count). The lowest BCUT2D eigenvalue weighted by Crippen LogP contribution is -2.45. The second-order valence-electron chi connectivity index (χ2n) is 6.33. The average molecular weight is 356 g/mol. The molecule has 1 saturated heterocycles. The molecule has 1 fully saturated rings. The van der Waals surface area contributed by atoms with Gasteiger partial charge in [-0.2, -0.15) is 4.68 Å². The molecule has 24 heavy (non-hydrogen) atoms. The minimum Gasteiger partial charge on any atom is -0.366 e. The van der Waals surface area contributed by atoms with E-state index in [1.54, 1.807) is 18.7 Å². The Morgan fingerprint density at radius 3 is 2.58 bits per heavy atom. The van der Waals surface area contributed by atoms with Crippen molar-refractivity contribution in [3.8, 4) is 0 Å². The fraction of sp³-hybridized carbons (Fsp3) is 0.467. The van der Waals surface area contributed by atoms with Crippen LogP contribution in [0.4, 0.5) is 10.1 Å². The molecular formula is C15H19ClFN5O2. The number of rotatable bonds is 2. The highest BCUT2D eigenvalue weighted by Crippen LogP contribution is 2.36. The Balaban J connectivity index is 2.43. The molecule has 0 saturated carbocycles. The standard InChI is InChI=1S/C15H19ClFN5O2/c1-7(2)21-12-9(14(23)22(19)15(21)24)5-10(17)13(11(12)16)20-4-3-8(18)6-20/h5,7-8H,3-4,6,18-19H2,1-2H3. The summed E-state index contributed by atoms with van der Waals surface area (Å²) in [7, 11) is 0. The van der Waals surface area contributed by atoms with Crippen molar-refractivity contribution in [2.75, 3.05) is 23.8 Å². The smallest absolute Gasteiger partial charge is 0.350 e. The summed E-state index contributed by atoms with van der Waals surface area (Å²) in [6, 6.07) is 0.706. The van der Waals surface area contributed by atoms with E-state index in [0.29, 0.717) is 17.8 Å². The van der Waals surface area contributed by atoms with Gasteiger partial charge in [-0.15, -0.1) is 0 Å². The molecule has 0 radical (unpaired) electrons. The van der Waals surface area contributed by atoms with Gasteiger partial charge in [-0.3, -0.25) is 9.36 Å². The van der Waals surface area contributed by atoms with Crippen molar-refractivity contribution in [1.29, 1.82) is 0 Å². The molecule has 0 spiro atoms. The molecule has 7 nitrogen and oxygen atoms in total. The van der Waals surface area contributed by atoms with Gasteiger partial charge in [0.1, 0.15) is 5.82 Å². The summed E-state index contributed by atoms with van der Waals surface area (Å²) in [4.78, 5) is 26.4. The second-order valence-corrected chi connectivity index (χ2v) is 6.71. The third-order valence-electron chi connectivity index (χ3n) is 4.33. The van der Waals surface area contributed by atoms with E-state index in [1.165, 1.54) is 4.57 Å². The third-order valence-corrected chi connectivity index (χ3v) is 4.69. The Labute approximate surface area is 142 Å². The van der Waals surface area contributed by atoms with E-state index < -0.39 is 17.1 Å². The SMILES string of the molecule is CC(C)n1c(=O)n(N)c(=O)c2cc(F)c(N3CCC(N)C3)c(Cl)c21. The third kappa shape index (κ3) is 2.37. The quantitative estimate of drug-likeness (QED) is 0.776. The molecule has 9 heteroatoms. The zero-order chi connectivity index (χ0) is 17.8. The summed E-state index contributed by atoms with van der Waals surface area (Å²) in [6.45, 7) is 4.54. The molecule has 4 N–H and O–H groups in total. The van der Waals surface area contributed by atoms with Crippen molar-refractivity contribution in [3.05, 3.63) is 37.7 Å². The molecular weight excluding hydrogens is 337 g/mol. The van der Waals surface area contributed by atoms with Crippen molar-refractivity contribution in [3.63, 3.8) is 0 Å². The average Bonchev–Trinajstić information content (AvgIpc) is 2.92. The summed E-state index contributed by atoms with van der Waals surface area (Å²) in [6.07, 6.45) is 0.717. The van der Waals surface area contributed by atoms with Crippen molar-refractivity contribution in [1.82, 2.24) is 9.24 Å². The lowest BCUT2D eigenvalue weighted by molar-refractivity contribution is 0.562. The van der Waals surface area contributed by atoms with Crippen molar-refractivity contribution >= 4 is 28.2 Å². The zero-order valence-electron chi connectivity index (χ0n) is 13.4. The summed E-state index contributed by atoms with van der Waals surface area (Å²) < 4.78 is 16.4. The van der Waals surface area contributed by atoms with Gasteiger partial charge in [0, 0.05) is 25.2 Å². The monoisotopic (exact) mass is 355 g/mol. The van der Waals surface area contributed by atoms with Gasteiger partial charge < -0.3 is 16.5 Å². The van der Waals surface area contributed by atoms with Crippen molar-refractivity contribution < 1.29 is 4.39 Å². The molecule has 1 aromatic carbocycles. The van der Waals surface area contributed by atoms with Gasteiger partial charge in [0.05, 0.1) is 21.6 Å². The Kier molecular flexibility index (Phi) is 4.05. The Morgan fingerprint density at radius 1 is 1.38 bits per heavy atom. The lowest BCUT2D eigenvalue weighted by atomic mass is 10.1. The number of nitrogen functional groups attached to an aromatic ring is 1. The molecule has 2 aromatic rings. The molecule has 0 amide bonds. The highest BCUT2D eigenvalue weighted by atomic mass is 35.5. The Bertz CT molecular complexity index is 936. The lowest BCUT2D eigenvalue weighted by Gasteiger charge is -2.23. The fourth-order valence-electron chi connectivity index (χ4n) is 3.18. The van der Waals surface area contributed by atoms with Crippen LogP contribution in [0.2, 0.25) is 5.02 Å². The first-order valence-electron chi connectivity index (χ1n) is 7.68. The molecule has 0 aliphatic carbocycles. The normalized spacial score (nSPS) is 18.1. The molecule has 1 aliphatic heterocycles. The number of hydrogen-bond donors (Lipinski definition) is 2. The first kappa shape index (κ1) is 16.8. The summed E-state index contributed by atoms with van der Waals surface area (Å²) in [5.41, 5.74) is 4.78. The van der Waals surface area contributed by atoms with Gasteiger partial charge in [-0.05, 0) is 26.3 Å². The first-order valence-corrected chi connectivity index (χ1v) is 8.06. The van der Waals surface area contributed by atoms with Crippen LogP contribution in [0.1, 0.15) is 26.3 Å². The van der Waals surface area contributed by atoms with Crippen LogP contribution in [0.5, 0.6) is 0 Å². The summed E-state index contributed by atoms with van der Waals surface area (Å²) in [5, 5.41) is 0.00291. The summed E-state index contributed by atoms with van der Waals surface area (Å²) >= 11 is 6.45. The number of fused-ring (bicyclic) bond motifs is 1. The van der Waals surface area contributed by atoms with E-state index in [-0.39, 0.29) is 33.7 Å². The Morgan fingerprint density at radius 2 is 2.04 bits per heavy atom. The molecule has 130 valence electrons. The van der Waals surface area contributed by atoms with Crippen LogP contribution in [-0.2, 0) is 0 Å². The minimum absolute atomic E-state index is 0.0273. The van der Waals surface area contributed by atoms with Gasteiger partial charge in [0.15, 0.2) is 0 Å². The van der Waals surface area contributed by atoms with E-state index in [1.807, 2.05) is 0 Å². The number of aromatic nitrogens is 2. The van der Waals surface area contributed by atoms with Gasteiger partial charge >= 0.3 is 5.69 Å². The maximum absolute atomic E-state index is 14.7. The minimum atomic E-state index is -0.780. The maximum atomic E-state index is 14.7. The van der Waals surface area contributed by atoms with Gasteiger partial charge in [-0.25, -0.2) is 9.18 Å². The van der Waals surface area contributed by atoms with Crippen LogP contribution in [0, 0.1) is 5.82 Å². The predicted molar refractivity (Wildman–Crippen MR) is 92.8 cm³/mol. The summed E-state index contributed by atoms with van der Waals surface area (Å²) in [5.74, 6) is 4.91. The number of nitrogens with two attached hydrogens (primary N) is 2. The number of benzene rings is 1. The van der Waals surface area contributed by atoms with Crippen LogP contribution in [0.3, 0.4) is 0 Å². The van der Waals surface area contributed by atoms with Crippen LogP contribution in [0.25, 0.3) is 10.9 Å². The molecule has 2 heterocycles. The van der Waals surface area contributed by atoms with E-state index in [9.17, 15) is 14.0 Å². The molecule has 0 bridgehead atoms. The number of nitrogens with zero attached hydrogens (tertiary/aromatic N) is 3. The molecule has 1 unspecified atom stereocenters. The van der Waals surface area contributed by atoms with Gasteiger partial charge in [0.2, 0.25) is 0 Å². The number of hydrogen-bond acceptors (Lipinski definition) is 5. The number of anilines is 1. The fourth-order valence-corrected chi connectivity index (χ4v) is 3.59. The zero-order valence-corrected chi connectivity index (χ0v) is 14.2. The van der Waals surface area contributed by atoms with E-state index in [4.69, 9.17) is 23.2 Å². The van der Waals surface area contributed by atoms with Crippen molar-refractivity contribution in [2.45, 2.75) is 32.4 Å².